The summed E-state index contributed by atoms with van der Waals surface area (Å²) in [5, 5.41) is 0. The molecule has 1 atom stereocenters. The van der Waals surface area contributed by atoms with E-state index in [1.807, 2.05) is 52.4 Å². The summed E-state index contributed by atoms with van der Waals surface area (Å²) in [6.45, 7) is 17.4. The first-order valence-electron chi connectivity index (χ1n) is 9.17. The third-order valence-corrected chi connectivity index (χ3v) is 19.7. The van der Waals surface area contributed by atoms with Gasteiger partial charge in [0.1, 0.15) is 0 Å². The second kappa shape index (κ2) is 16.3. The summed E-state index contributed by atoms with van der Waals surface area (Å²) >= 11 is 0. The molecule has 0 aromatic heterocycles. The van der Waals surface area contributed by atoms with Crippen LogP contribution in [0.4, 0.5) is 13.2 Å². The third-order valence-electron chi connectivity index (χ3n) is 3.07. The Balaban J connectivity index is -0.000000420. The molecule has 0 bridgehead atoms. The van der Waals surface area contributed by atoms with Gasteiger partial charge in [0, 0.05) is 5.75 Å². The molecular formula is C17H49AgF3NO7S2Si4. The maximum absolute atomic E-state index is 12.4. The Morgan fingerprint density at radius 2 is 1.09 bits per heavy atom. The van der Waals surface area contributed by atoms with E-state index in [1.165, 1.54) is 0 Å². The zero-order valence-electron chi connectivity index (χ0n) is 19.2. The fourth-order valence-corrected chi connectivity index (χ4v) is 23.4. The van der Waals surface area contributed by atoms with Crippen LogP contribution in [-0.2, 0) is 54.8 Å². The van der Waals surface area contributed by atoms with E-state index < -0.39 is 65.1 Å². The molecule has 18 heteroatoms. The van der Waals surface area contributed by atoms with E-state index in [1.54, 1.807) is 6.55 Å². The topological polar surface area (TPSA) is 110 Å². The first-order valence-corrected chi connectivity index (χ1v) is 24.4. The standard InChI is InChI=1S/C13H33F3NO7S2Si4.4CH4.Ag/c1-27(2,3)22-29(7,8)24-30(9,23-28(4,5)6)12-10-11-25(18,19)17-26(20,21)13(14,15)16;;;;;/h10-12H2,1-9H3;4*1H4;/q-1;;;;;+1. The molecule has 0 heterocycles. The second-order valence-electron chi connectivity index (χ2n) is 9.45. The molecule has 0 aliphatic heterocycles. The number of rotatable bonds is 12. The molecular weight excluding hydrogens is 672 g/mol. The van der Waals surface area contributed by atoms with E-state index in [2.05, 4.69) is 4.13 Å². The fourth-order valence-electron chi connectivity index (χ4n) is 2.85. The average molecular weight is 721 g/mol. The molecule has 0 saturated carbocycles. The van der Waals surface area contributed by atoms with Crippen molar-refractivity contribution in [3.63, 3.8) is 0 Å². The van der Waals surface area contributed by atoms with Gasteiger partial charge in [-0.05, 0) is 71.4 Å². The Hall–Kier alpha value is 1.14. The van der Waals surface area contributed by atoms with E-state index in [0.717, 1.165) is 0 Å². The van der Waals surface area contributed by atoms with Crippen LogP contribution < -0.4 is 0 Å². The van der Waals surface area contributed by atoms with Crippen LogP contribution in [0.15, 0.2) is 0 Å². The Labute approximate surface area is 233 Å². The molecule has 0 fully saturated rings. The van der Waals surface area contributed by atoms with E-state index >= 15 is 0 Å². The van der Waals surface area contributed by atoms with Crippen LogP contribution in [0.3, 0.4) is 0 Å². The van der Waals surface area contributed by atoms with Gasteiger partial charge in [-0.3, -0.25) is 0 Å². The van der Waals surface area contributed by atoms with Crippen molar-refractivity contribution in [2.24, 2.45) is 0 Å². The molecule has 0 aliphatic rings. The van der Waals surface area contributed by atoms with Crippen molar-refractivity contribution < 1.29 is 64.7 Å². The van der Waals surface area contributed by atoms with Crippen molar-refractivity contribution in [3.05, 3.63) is 4.13 Å². The molecule has 0 spiro atoms. The number of hydrogen-bond donors (Lipinski definition) is 0. The Kier molecular flexibility index (Phi) is 22.9. The predicted molar refractivity (Wildman–Crippen MR) is 148 cm³/mol. The minimum absolute atomic E-state index is 0. The molecule has 0 aromatic rings. The van der Waals surface area contributed by atoms with Crippen molar-refractivity contribution in [3.8, 4) is 0 Å². The van der Waals surface area contributed by atoms with Crippen LogP contribution in [0.25, 0.3) is 4.13 Å². The van der Waals surface area contributed by atoms with E-state index in [0.29, 0.717) is 0 Å². The second-order valence-corrected chi connectivity index (χ2v) is 29.5. The first-order chi connectivity index (χ1) is 12.8. The monoisotopic (exact) mass is 719 g/mol. The maximum atomic E-state index is 12.4. The largest absolute Gasteiger partial charge is 1.00 e. The maximum Gasteiger partial charge on any atom is 1.00 e. The quantitative estimate of drug-likeness (QED) is 0.201. The number of sulfonamides is 2. The van der Waals surface area contributed by atoms with Crippen LogP contribution in [0.1, 0.15) is 36.1 Å². The van der Waals surface area contributed by atoms with E-state index in [9.17, 15) is 30.0 Å². The summed E-state index contributed by atoms with van der Waals surface area (Å²) in [5.41, 5.74) is -5.77. The number of alkyl halides is 3. The van der Waals surface area contributed by atoms with Crippen LogP contribution in [0, 0.1) is 0 Å². The van der Waals surface area contributed by atoms with Gasteiger partial charge in [-0.2, -0.15) is 13.2 Å². The number of nitrogens with zero attached hydrogens (tertiary/aromatic N) is 1. The van der Waals surface area contributed by atoms with Crippen LogP contribution in [0.2, 0.25) is 65.0 Å². The summed E-state index contributed by atoms with van der Waals surface area (Å²) in [5.74, 6) is -0.861. The zero-order valence-corrected chi connectivity index (χ0v) is 26.3. The fraction of sp³-hybridized carbons (Fsp3) is 1.00. The molecule has 0 N–H and O–H groups in total. The Bertz CT molecular complexity index is 804. The predicted octanol–water partition coefficient (Wildman–Crippen LogP) is 6.96. The van der Waals surface area contributed by atoms with Crippen molar-refractivity contribution in [1.82, 2.24) is 0 Å². The van der Waals surface area contributed by atoms with Gasteiger partial charge in [0.25, 0.3) is 0 Å². The summed E-state index contributed by atoms with van der Waals surface area (Å²) in [4.78, 5) is 0. The third kappa shape index (κ3) is 21.7. The van der Waals surface area contributed by atoms with Crippen molar-refractivity contribution in [2.45, 2.75) is 107 Å². The molecule has 224 valence electrons. The molecule has 1 unspecified atom stereocenters. The summed E-state index contributed by atoms with van der Waals surface area (Å²) in [6.07, 6.45) is -0.149. The first kappa shape index (κ1) is 49.1. The van der Waals surface area contributed by atoms with Crippen molar-refractivity contribution in [1.29, 1.82) is 0 Å². The summed E-state index contributed by atoms with van der Waals surface area (Å²) in [6, 6.07) is 0.142. The van der Waals surface area contributed by atoms with Crippen LogP contribution in [0.5, 0.6) is 0 Å². The van der Waals surface area contributed by atoms with Gasteiger partial charge in [-0.1, -0.05) is 29.7 Å². The molecule has 0 radical (unpaired) electrons. The van der Waals surface area contributed by atoms with E-state index in [4.69, 9.17) is 12.3 Å². The molecule has 0 rings (SSSR count). The molecule has 0 aromatic carbocycles. The van der Waals surface area contributed by atoms with Crippen molar-refractivity contribution >= 4 is 53.8 Å². The van der Waals surface area contributed by atoms with Gasteiger partial charge >= 0.3 is 45.0 Å². The molecule has 35 heavy (non-hydrogen) atoms. The van der Waals surface area contributed by atoms with Gasteiger partial charge in [0.15, 0.2) is 26.7 Å². The van der Waals surface area contributed by atoms with E-state index in [-0.39, 0.29) is 64.6 Å². The summed E-state index contributed by atoms with van der Waals surface area (Å²) in [7, 11) is -20.6. The molecule has 0 aliphatic carbocycles. The van der Waals surface area contributed by atoms with Gasteiger partial charge in [0.05, 0.1) is 10.0 Å². The zero-order chi connectivity index (χ0) is 24.4. The SMILES string of the molecule is C.C.C.C.C[Si](C)(C)O[Si](C)(C)O[Si](C)(CCCS(=O)(=O)[N-]S(=O)(=O)C(F)(F)F)O[Si](C)(C)C.[Ag+]. The van der Waals surface area contributed by atoms with Crippen LogP contribution in [-0.4, -0.2) is 61.9 Å². The van der Waals surface area contributed by atoms with Gasteiger partial charge in [0.2, 0.25) is 0 Å². The van der Waals surface area contributed by atoms with Gasteiger partial charge in [-0.25, -0.2) is 16.8 Å². The minimum Gasteiger partial charge on any atom is -0.437 e. The number of hydrogen-bond acceptors (Lipinski definition) is 7. The number of halogens is 3. The van der Waals surface area contributed by atoms with Crippen molar-refractivity contribution in [2.75, 3.05) is 5.75 Å². The molecule has 8 nitrogen and oxygen atoms in total. The smallest absolute Gasteiger partial charge is 0.437 e. The Morgan fingerprint density at radius 3 is 1.40 bits per heavy atom. The normalized spacial score (nSPS) is 14.6. The average Bonchev–Trinajstić information content (AvgIpc) is 2.27. The van der Waals surface area contributed by atoms with Gasteiger partial charge in [-0.15, -0.1) is 0 Å². The van der Waals surface area contributed by atoms with Gasteiger partial charge < -0.3 is 16.5 Å². The molecule has 0 saturated heterocycles. The molecule has 0 amide bonds. The minimum atomic E-state index is -6.12. The summed E-state index contributed by atoms with van der Waals surface area (Å²) < 4.78 is 104. The Morgan fingerprint density at radius 1 is 0.714 bits per heavy atom. The van der Waals surface area contributed by atoms with Crippen LogP contribution >= 0.6 is 0 Å².